The van der Waals surface area contributed by atoms with Crippen LogP contribution in [0.4, 0.5) is 10.1 Å². The number of hydrogen-bond donors (Lipinski definition) is 0. The molecule has 2 rings (SSSR count). The van der Waals surface area contributed by atoms with Crippen molar-refractivity contribution in [3.8, 4) is 0 Å². The van der Waals surface area contributed by atoms with Crippen molar-refractivity contribution in [3.63, 3.8) is 0 Å². The van der Waals surface area contributed by atoms with Gasteiger partial charge in [-0.05, 0) is 43.9 Å². The van der Waals surface area contributed by atoms with E-state index in [4.69, 9.17) is 0 Å². The number of anilines is 1. The maximum absolute atomic E-state index is 13.5. The highest BCUT2D eigenvalue weighted by atomic mass is 19.1. The Morgan fingerprint density at radius 1 is 1.39 bits per heavy atom. The number of carbonyl (C=O) groups excluding carboxylic acids is 1. The van der Waals surface area contributed by atoms with Crippen LogP contribution in [0.2, 0.25) is 0 Å². The predicted octanol–water partition coefficient (Wildman–Crippen LogP) is 3.80. The van der Waals surface area contributed by atoms with Crippen molar-refractivity contribution < 1.29 is 9.18 Å². The molecule has 1 heterocycles. The first-order valence-corrected chi connectivity index (χ1v) is 6.77. The molecule has 2 nitrogen and oxygen atoms in total. The summed E-state index contributed by atoms with van der Waals surface area (Å²) in [4.78, 5) is 13.1. The first-order chi connectivity index (χ1) is 8.74. The zero-order valence-electron chi connectivity index (χ0n) is 10.9. The van der Waals surface area contributed by atoms with Gasteiger partial charge in [0.15, 0.2) is 0 Å². The summed E-state index contributed by atoms with van der Waals surface area (Å²) in [5.74, 6) is -0.324. The molecule has 1 atom stereocenters. The summed E-state index contributed by atoms with van der Waals surface area (Å²) in [5.41, 5.74) is 1.28. The van der Waals surface area contributed by atoms with Crippen molar-refractivity contribution >= 4 is 12.0 Å². The molecule has 0 spiro atoms. The van der Waals surface area contributed by atoms with Gasteiger partial charge in [0.05, 0.1) is 0 Å². The van der Waals surface area contributed by atoms with E-state index < -0.39 is 0 Å². The minimum absolute atomic E-state index is 0.324. The molecule has 18 heavy (non-hydrogen) atoms. The summed E-state index contributed by atoms with van der Waals surface area (Å²) in [6, 6.07) is 5.12. The van der Waals surface area contributed by atoms with E-state index in [2.05, 4.69) is 11.8 Å². The fourth-order valence-electron chi connectivity index (χ4n) is 2.80. The lowest BCUT2D eigenvalue weighted by atomic mass is 9.97. The maximum atomic E-state index is 13.5. The topological polar surface area (TPSA) is 20.3 Å². The van der Waals surface area contributed by atoms with Gasteiger partial charge in [0.1, 0.15) is 12.1 Å². The molecule has 3 heteroatoms. The number of carbonyl (C=O) groups is 1. The zero-order chi connectivity index (χ0) is 13.0. The van der Waals surface area contributed by atoms with E-state index in [1.165, 1.54) is 18.9 Å². The molecule has 98 valence electrons. The largest absolute Gasteiger partial charge is 0.368 e. The number of piperidine rings is 1. The summed E-state index contributed by atoms with van der Waals surface area (Å²) < 4.78 is 13.5. The average molecular weight is 249 g/mol. The van der Waals surface area contributed by atoms with Gasteiger partial charge in [0.25, 0.3) is 0 Å². The van der Waals surface area contributed by atoms with Gasteiger partial charge in [0, 0.05) is 23.8 Å². The molecular weight excluding hydrogens is 229 g/mol. The van der Waals surface area contributed by atoms with Crippen LogP contribution in [0.15, 0.2) is 18.2 Å². The van der Waals surface area contributed by atoms with Gasteiger partial charge in [-0.25, -0.2) is 4.39 Å². The number of halogens is 1. The summed E-state index contributed by atoms with van der Waals surface area (Å²) in [6.07, 6.45) is 6.54. The second-order valence-corrected chi connectivity index (χ2v) is 4.99. The molecule has 0 saturated carbocycles. The van der Waals surface area contributed by atoms with Crippen LogP contribution in [-0.2, 0) is 0 Å². The molecule has 0 radical (unpaired) electrons. The van der Waals surface area contributed by atoms with Gasteiger partial charge in [-0.1, -0.05) is 13.3 Å². The second-order valence-electron chi connectivity index (χ2n) is 4.99. The summed E-state index contributed by atoms with van der Waals surface area (Å²) >= 11 is 0. The van der Waals surface area contributed by atoms with Crippen LogP contribution in [-0.4, -0.2) is 18.9 Å². The van der Waals surface area contributed by atoms with Crippen LogP contribution in [0, 0.1) is 5.82 Å². The van der Waals surface area contributed by atoms with Gasteiger partial charge in [-0.2, -0.15) is 0 Å². The van der Waals surface area contributed by atoms with Gasteiger partial charge >= 0.3 is 0 Å². The van der Waals surface area contributed by atoms with Crippen molar-refractivity contribution in [3.05, 3.63) is 29.6 Å². The molecule has 1 aliphatic heterocycles. The number of hydrogen-bond acceptors (Lipinski definition) is 2. The molecule has 0 bridgehead atoms. The van der Waals surface area contributed by atoms with Crippen molar-refractivity contribution in [1.82, 2.24) is 0 Å². The standard InChI is InChI=1S/C15H20FNO/c1-2-5-14-6-3-4-7-17(14)15-9-12(11-18)8-13(16)10-15/h8-11,14H,2-7H2,1H3. The number of nitrogens with zero attached hydrogens (tertiary/aromatic N) is 1. The van der Waals surface area contributed by atoms with E-state index in [1.807, 2.05) is 0 Å². The summed E-state index contributed by atoms with van der Waals surface area (Å²) in [5, 5.41) is 0. The van der Waals surface area contributed by atoms with Crippen LogP contribution in [0.5, 0.6) is 0 Å². The first-order valence-electron chi connectivity index (χ1n) is 6.77. The van der Waals surface area contributed by atoms with Crippen LogP contribution in [0.25, 0.3) is 0 Å². The Bertz CT molecular complexity index is 417. The predicted molar refractivity (Wildman–Crippen MR) is 71.7 cm³/mol. The second kappa shape index (κ2) is 5.98. The first kappa shape index (κ1) is 13.1. The lowest BCUT2D eigenvalue weighted by molar-refractivity contribution is 0.112. The maximum Gasteiger partial charge on any atom is 0.150 e. The minimum atomic E-state index is -0.324. The number of rotatable bonds is 4. The highest BCUT2D eigenvalue weighted by Crippen LogP contribution is 2.28. The molecule has 0 aliphatic carbocycles. The smallest absolute Gasteiger partial charge is 0.150 e. The van der Waals surface area contributed by atoms with Crippen molar-refractivity contribution in [2.45, 2.75) is 45.1 Å². The third-order valence-corrected chi connectivity index (χ3v) is 3.62. The Balaban J connectivity index is 2.26. The Morgan fingerprint density at radius 3 is 2.94 bits per heavy atom. The molecule has 0 aromatic heterocycles. The quantitative estimate of drug-likeness (QED) is 0.756. The molecule has 1 aliphatic rings. The van der Waals surface area contributed by atoms with Crippen LogP contribution in [0.1, 0.15) is 49.4 Å². The lowest BCUT2D eigenvalue weighted by Crippen LogP contribution is -2.39. The molecule has 1 saturated heterocycles. The average Bonchev–Trinajstić information content (AvgIpc) is 2.39. The SMILES string of the molecule is CCCC1CCCCN1c1cc(F)cc(C=O)c1. The van der Waals surface area contributed by atoms with E-state index in [9.17, 15) is 9.18 Å². The van der Waals surface area contributed by atoms with Gasteiger partial charge < -0.3 is 4.90 Å². The lowest BCUT2D eigenvalue weighted by Gasteiger charge is -2.37. The van der Waals surface area contributed by atoms with E-state index >= 15 is 0 Å². The highest BCUT2D eigenvalue weighted by Gasteiger charge is 2.22. The molecule has 1 aromatic rings. The van der Waals surface area contributed by atoms with Gasteiger partial charge in [0.2, 0.25) is 0 Å². The molecular formula is C15H20FNO. The Morgan fingerprint density at radius 2 is 2.22 bits per heavy atom. The Labute approximate surface area is 108 Å². The number of benzene rings is 1. The van der Waals surface area contributed by atoms with Crippen LogP contribution < -0.4 is 4.90 Å². The normalized spacial score (nSPS) is 19.9. The molecule has 1 unspecified atom stereocenters. The van der Waals surface area contributed by atoms with Gasteiger partial charge in [-0.3, -0.25) is 4.79 Å². The molecule has 0 amide bonds. The molecule has 0 N–H and O–H groups in total. The number of aldehydes is 1. The van der Waals surface area contributed by atoms with Crippen molar-refractivity contribution in [2.75, 3.05) is 11.4 Å². The van der Waals surface area contributed by atoms with Gasteiger partial charge in [-0.15, -0.1) is 0 Å². The summed E-state index contributed by atoms with van der Waals surface area (Å²) in [6.45, 7) is 3.14. The van der Waals surface area contributed by atoms with Crippen molar-refractivity contribution in [1.29, 1.82) is 0 Å². The van der Waals surface area contributed by atoms with E-state index in [-0.39, 0.29) is 5.82 Å². The molecule has 1 fully saturated rings. The highest BCUT2D eigenvalue weighted by molar-refractivity contribution is 5.77. The minimum Gasteiger partial charge on any atom is -0.368 e. The van der Waals surface area contributed by atoms with E-state index in [0.29, 0.717) is 17.9 Å². The molecule has 1 aromatic carbocycles. The van der Waals surface area contributed by atoms with Crippen LogP contribution >= 0.6 is 0 Å². The van der Waals surface area contributed by atoms with Crippen LogP contribution in [0.3, 0.4) is 0 Å². The fourth-order valence-corrected chi connectivity index (χ4v) is 2.80. The third-order valence-electron chi connectivity index (χ3n) is 3.62. The summed E-state index contributed by atoms with van der Waals surface area (Å²) in [7, 11) is 0. The van der Waals surface area contributed by atoms with E-state index in [0.717, 1.165) is 31.5 Å². The Hall–Kier alpha value is -1.38. The van der Waals surface area contributed by atoms with E-state index in [1.54, 1.807) is 12.1 Å². The fraction of sp³-hybridized carbons (Fsp3) is 0.533. The zero-order valence-corrected chi connectivity index (χ0v) is 10.9. The monoisotopic (exact) mass is 249 g/mol. The Kier molecular flexibility index (Phi) is 4.34. The third kappa shape index (κ3) is 2.89. The van der Waals surface area contributed by atoms with Crippen molar-refractivity contribution in [2.24, 2.45) is 0 Å².